The van der Waals surface area contributed by atoms with E-state index >= 15 is 0 Å². The molecule has 5 rings (SSSR count). The Kier molecular flexibility index (Phi) is 15.5. The summed E-state index contributed by atoms with van der Waals surface area (Å²) in [5, 5.41) is 8.98. The van der Waals surface area contributed by atoms with Crippen molar-refractivity contribution in [1.82, 2.24) is 20.9 Å². The third-order valence-corrected chi connectivity index (χ3v) is 10.5. The summed E-state index contributed by atoms with van der Waals surface area (Å²) >= 11 is 0. The van der Waals surface area contributed by atoms with Gasteiger partial charge in [0.2, 0.25) is 17.7 Å². The maximum atomic E-state index is 14.2. The molecule has 1 saturated carbocycles. The number of hydrogen-bond donors (Lipinski definition) is 3. The number of nitrogens with zero attached hydrogens (tertiary/aromatic N) is 1. The van der Waals surface area contributed by atoms with Crippen LogP contribution in [0.4, 0.5) is 0 Å². The van der Waals surface area contributed by atoms with Gasteiger partial charge in [0.05, 0.1) is 30.8 Å². The molecule has 1 aromatic heterocycles. The van der Waals surface area contributed by atoms with Crippen LogP contribution in [-0.2, 0) is 33.4 Å². The molecule has 0 bridgehead atoms. The first-order valence-electron chi connectivity index (χ1n) is 20.9. The van der Waals surface area contributed by atoms with E-state index in [9.17, 15) is 24.0 Å². The van der Waals surface area contributed by atoms with Gasteiger partial charge in [-0.3, -0.25) is 19.2 Å². The van der Waals surface area contributed by atoms with Crippen LogP contribution in [0.3, 0.4) is 0 Å². The van der Waals surface area contributed by atoms with E-state index in [1.54, 1.807) is 53.9 Å². The maximum Gasteiger partial charge on any atom is 0.329 e. The van der Waals surface area contributed by atoms with E-state index in [0.29, 0.717) is 53.5 Å². The molecule has 2 aliphatic rings. The molecule has 0 aliphatic heterocycles. The summed E-state index contributed by atoms with van der Waals surface area (Å²) in [6.45, 7) is 10.7. The maximum absolute atomic E-state index is 14.2. The number of pyridine rings is 1. The smallest absolute Gasteiger partial charge is 0.329 e. The molecule has 318 valence electrons. The van der Waals surface area contributed by atoms with Crippen molar-refractivity contribution in [2.45, 2.75) is 117 Å². The number of fused-ring (bicyclic) bond motifs is 1. The summed E-state index contributed by atoms with van der Waals surface area (Å²) in [7, 11) is 1.58. The number of ether oxygens (including phenoxy) is 4. The van der Waals surface area contributed by atoms with Crippen molar-refractivity contribution in [2.75, 3.05) is 20.3 Å². The van der Waals surface area contributed by atoms with Crippen LogP contribution >= 0.6 is 0 Å². The first-order valence-corrected chi connectivity index (χ1v) is 20.9. The van der Waals surface area contributed by atoms with Gasteiger partial charge in [0.1, 0.15) is 41.8 Å². The zero-order valence-corrected chi connectivity index (χ0v) is 35.4. The minimum absolute atomic E-state index is 0.0633. The third kappa shape index (κ3) is 12.5. The lowest BCUT2D eigenvalue weighted by Crippen LogP contribution is -2.52. The van der Waals surface area contributed by atoms with Crippen molar-refractivity contribution in [3.8, 4) is 22.8 Å². The largest absolute Gasteiger partial charge is 0.497 e. The van der Waals surface area contributed by atoms with Crippen molar-refractivity contribution in [3.05, 3.63) is 66.2 Å². The number of methoxy groups -OCH3 is 1. The number of nitrogens with one attached hydrogen (secondary N) is 3. The first-order chi connectivity index (χ1) is 28.1. The summed E-state index contributed by atoms with van der Waals surface area (Å²) < 4.78 is 23.2. The second-order valence-electron chi connectivity index (χ2n) is 16.8. The molecule has 3 N–H and O–H groups in total. The Morgan fingerprint density at radius 3 is 2.32 bits per heavy atom. The average molecular weight is 813 g/mol. The number of hydrogen-bond acceptors (Lipinski definition) is 10. The second kappa shape index (κ2) is 20.5. The molecule has 1 fully saturated rings. The van der Waals surface area contributed by atoms with Gasteiger partial charge >= 0.3 is 11.9 Å². The molecule has 3 amide bonds. The Morgan fingerprint density at radius 1 is 0.932 bits per heavy atom. The normalized spacial score (nSPS) is 18.0. The van der Waals surface area contributed by atoms with Gasteiger partial charge in [-0.15, -0.1) is 0 Å². The number of amides is 3. The molecular weight excluding hydrogens is 753 g/mol. The summed E-state index contributed by atoms with van der Waals surface area (Å²) in [5.74, 6) is -2.88. The molecular formula is C46H60N4O9. The Balaban J connectivity index is 1.40. The highest BCUT2D eigenvalue weighted by molar-refractivity contribution is 6.03. The highest BCUT2D eigenvalue weighted by Crippen LogP contribution is 2.36. The monoisotopic (exact) mass is 812 g/mol. The summed E-state index contributed by atoms with van der Waals surface area (Å²) in [6.07, 6.45) is 7.28. The summed E-state index contributed by atoms with van der Waals surface area (Å²) in [5.41, 5.74) is 1.44. The van der Waals surface area contributed by atoms with E-state index in [0.717, 1.165) is 31.2 Å². The minimum Gasteiger partial charge on any atom is -0.497 e. The Labute approximate surface area is 347 Å². The van der Waals surface area contributed by atoms with Crippen molar-refractivity contribution in [3.63, 3.8) is 0 Å². The van der Waals surface area contributed by atoms with Crippen LogP contribution in [0.5, 0.6) is 11.5 Å². The number of rotatable bonds is 17. The zero-order valence-electron chi connectivity index (χ0n) is 35.4. The first kappa shape index (κ1) is 44.6. The lowest BCUT2D eigenvalue weighted by atomic mass is 9.90. The van der Waals surface area contributed by atoms with Gasteiger partial charge in [-0.1, -0.05) is 76.8 Å². The van der Waals surface area contributed by atoms with E-state index in [1.807, 2.05) is 55.5 Å². The quantitative estimate of drug-likeness (QED) is 0.126. The van der Waals surface area contributed by atoms with Crippen molar-refractivity contribution >= 4 is 40.6 Å². The Morgan fingerprint density at radius 2 is 1.66 bits per heavy atom. The van der Waals surface area contributed by atoms with Gasteiger partial charge in [0.25, 0.3) is 0 Å². The molecule has 1 heterocycles. The van der Waals surface area contributed by atoms with Crippen LogP contribution in [0.1, 0.15) is 92.9 Å². The highest BCUT2D eigenvalue weighted by Gasteiger charge is 2.40. The molecule has 13 nitrogen and oxygen atoms in total. The van der Waals surface area contributed by atoms with Gasteiger partial charge in [0, 0.05) is 35.1 Å². The lowest BCUT2D eigenvalue weighted by Gasteiger charge is -2.26. The van der Waals surface area contributed by atoms with Gasteiger partial charge in [0.15, 0.2) is 0 Å². The molecule has 3 aromatic rings. The van der Waals surface area contributed by atoms with Gasteiger partial charge in [-0.2, -0.15) is 0 Å². The lowest BCUT2D eigenvalue weighted by molar-refractivity contribution is -0.159. The van der Waals surface area contributed by atoms with Crippen LogP contribution in [0, 0.1) is 17.8 Å². The summed E-state index contributed by atoms with van der Waals surface area (Å²) in [6, 6.07) is 14.9. The zero-order chi connectivity index (χ0) is 42.7. The molecule has 0 saturated heterocycles. The topological polar surface area (TPSA) is 171 Å². The van der Waals surface area contributed by atoms with Gasteiger partial charge < -0.3 is 34.9 Å². The Hall–Kier alpha value is -5.46. The number of aromatic nitrogens is 1. The molecule has 2 aromatic carbocycles. The van der Waals surface area contributed by atoms with E-state index in [4.69, 9.17) is 23.9 Å². The van der Waals surface area contributed by atoms with Crippen LogP contribution in [0.25, 0.3) is 22.2 Å². The molecule has 2 aliphatic carbocycles. The fourth-order valence-electron chi connectivity index (χ4n) is 7.46. The van der Waals surface area contributed by atoms with E-state index in [2.05, 4.69) is 16.0 Å². The number of carbonyl (C=O) groups excluding carboxylic acids is 5. The minimum atomic E-state index is -1.05. The molecule has 0 unspecified atom stereocenters. The van der Waals surface area contributed by atoms with Crippen molar-refractivity contribution < 1.29 is 42.9 Å². The van der Waals surface area contributed by atoms with Crippen molar-refractivity contribution in [2.24, 2.45) is 17.8 Å². The van der Waals surface area contributed by atoms with E-state index < -0.39 is 59.4 Å². The fourth-order valence-corrected chi connectivity index (χ4v) is 7.46. The predicted molar refractivity (Wildman–Crippen MR) is 224 cm³/mol. The van der Waals surface area contributed by atoms with Crippen molar-refractivity contribution in [1.29, 1.82) is 0 Å². The van der Waals surface area contributed by atoms with Gasteiger partial charge in [-0.25, -0.2) is 9.78 Å². The fraction of sp³-hybridized carbons (Fsp3) is 0.522. The van der Waals surface area contributed by atoms with E-state index in [1.165, 1.54) is 6.42 Å². The SMILES string of the molecule is CCC[C@H](NC(=O)[C@@H]1C[C@H](Oc2cc(-c3ccccc3)nc3cc(OC)ccc23)C=C1C(=O)N[C@H](C(=O)NCC(=O)OCC1CCCCC1)C(C)C)C(=O)OC(C)(C)C. The van der Waals surface area contributed by atoms with Gasteiger partial charge in [-0.05, 0) is 70.1 Å². The molecule has 4 atom stereocenters. The predicted octanol–water partition coefficient (Wildman–Crippen LogP) is 6.61. The highest BCUT2D eigenvalue weighted by atomic mass is 16.6. The van der Waals surface area contributed by atoms with Crippen LogP contribution < -0.4 is 25.4 Å². The molecule has 0 spiro atoms. The number of carbonyl (C=O) groups is 5. The molecule has 0 radical (unpaired) electrons. The standard InChI is InChI=1S/C46H60N4O9/c1-8-15-36(45(55)59-46(4,5)6)49-42(52)34-22-32(58-39-25-37(30-18-13-10-14-19-30)48-38-24-31(56-7)20-21-33(38)39)23-35(34)43(53)50-41(28(2)3)44(54)47-26-40(51)57-27-29-16-11-9-12-17-29/h10,13-14,18-21,23-25,28-29,32,34,36,41H,8-9,11-12,15-17,22,26-27H2,1-7H3,(H,47,54)(H,49,52)(H,50,53)/t32-,34+,36-,41-/m0/s1. The second-order valence-corrected chi connectivity index (χ2v) is 16.8. The molecule has 59 heavy (non-hydrogen) atoms. The number of esters is 2. The molecule has 13 heteroatoms. The third-order valence-electron chi connectivity index (χ3n) is 10.5. The average Bonchev–Trinajstić information content (AvgIpc) is 3.64. The van der Waals surface area contributed by atoms with E-state index in [-0.39, 0.29) is 24.5 Å². The summed E-state index contributed by atoms with van der Waals surface area (Å²) in [4.78, 5) is 72.6. The number of benzene rings is 2. The van der Waals surface area contributed by atoms with Crippen LogP contribution in [-0.4, -0.2) is 78.7 Å². The Bertz CT molecular complexity index is 1990. The van der Waals surface area contributed by atoms with Crippen LogP contribution in [0.15, 0.2) is 66.2 Å². The van der Waals surface area contributed by atoms with Crippen LogP contribution in [0.2, 0.25) is 0 Å².